The van der Waals surface area contributed by atoms with Crippen molar-refractivity contribution in [2.45, 2.75) is 43.0 Å². The van der Waals surface area contributed by atoms with Gasteiger partial charge in [0.2, 0.25) is 0 Å². The van der Waals surface area contributed by atoms with Gasteiger partial charge in [0.1, 0.15) is 23.7 Å². The summed E-state index contributed by atoms with van der Waals surface area (Å²) in [5.74, 6) is -0.497. The lowest BCUT2D eigenvalue weighted by atomic mass is 9.73. The quantitative estimate of drug-likeness (QED) is 0.355. The molecule has 6 atom stereocenters. The van der Waals surface area contributed by atoms with Gasteiger partial charge in [-0.3, -0.25) is 10.1 Å². The maximum Gasteiger partial charge on any atom is 0.250 e. The lowest BCUT2D eigenvalue weighted by molar-refractivity contribution is -0.549. The molecule has 9 nitrogen and oxygen atoms in total. The fourth-order valence-electron chi connectivity index (χ4n) is 4.79. The zero-order valence-corrected chi connectivity index (χ0v) is 18.8. The summed E-state index contributed by atoms with van der Waals surface area (Å²) in [6, 6.07) is 16.2. The minimum Gasteiger partial charge on any atom is -0.496 e. The van der Waals surface area contributed by atoms with Crippen LogP contribution < -0.4 is 9.47 Å². The van der Waals surface area contributed by atoms with Crippen molar-refractivity contribution in [2.75, 3.05) is 14.2 Å². The average molecular weight is 469 g/mol. The van der Waals surface area contributed by atoms with E-state index in [9.17, 15) is 25.4 Å². The van der Waals surface area contributed by atoms with Crippen LogP contribution in [0, 0.1) is 10.1 Å². The number of ether oxygens (including phenoxy) is 3. The molecule has 0 amide bonds. The molecule has 3 N–H and O–H groups in total. The normalized spacial score (nSPS) is 26.9. The van der Waals surface area contributed by atoms with Crippen molar-refractivity contribution in [3.8, 4) is 11.5 Å². The molecule has 0 unspecified atom stereocenters. The zero-order valence-electron chi connectivity index (χ0n) is 18.8. The van der Waals surface area contributed by atoms with Crippen LogP contribution in [0.15, 0.2) is 60.7 Å². The van der Waals surface area contributed by atoms with Crippen LogP contribution in [0.4, 0.5) is 0 Å². The Balaban J connectivity index is 1.82. The van der Waals surface area contributed by atoms with E-state index < -0.39 is 41.3 Å². The molecule has 1 aliphatic carbocycles. The topological polar surface area (TPSA) is 132 Å². The van der Waals surface area contributed by atoms with Crippen molar-refractivity contribution < 1.29 is 34.5 Å². The molecule has 0 heterocycles. The molecule has 1 saturated carbocycles. The van der Waals surface area contributed by atoms with E-state index in [2.05, 4.69) is 0 Å². The van der Waals surface area contributed by atoms with Crippen LogP contribution in [-0.2, 0) is 11.3 Å². The molecule has 0 spiro atoms. The minimum absolute atomic E-state index is 0.0420. The molecule has 0 aliphatic heterocycles. The van der Waals surface area contributed by atoms with Crippen molar-refractivity contribution in [1.82, 2.24) is 0 Å². The van der Waals surface area contributed by atoms with Gasteiger partial charge in [0.25, 0.3) is 6.04 Å². The Labute approximate surface area is 196 Å². The average Bonchev–Trinajstić information content (AvgIpc) is 2.85. The summed E-state index contributed by atoms with van der Waals surface area (Å²) in [5.41, 5.74) is 1.07. The number of rotatable bonds is 7. The Bertz CT molecular complexity index is 1150. The Morgan fingerprint density at radius 3 is 2.15 bits per heavy atom. The number of methoxy groups -OCH3 is 2. The van der Waals surface area contributed by atoms with Crippen LogP contribution in [0.3, 0.4) is 0 Å². The van der Waals surface area contributed by atoms with E-state index in [4.69, 9.17) is 14.2 Å². The molecule has 0 saturated heterocycles. The molecule has 34 heavy (non-hydrogen) atoms. The Morgan fingerprint density at radius 1 is 0.882 bits per heavy atom. The lowest BCUT2D eigenvalue weighted by Crippen LogP contribution is -2.62. The molecular formula is C25H27NO8. The number of benzene rings is 3. The zero-order chi connectivity index (χ0) is 24.4. The summed E-state index contributed by atoms with van der Waals surface area (Å²) in [7, 11) is 2.91. The summed E-state index contributed by atoms with van der Waals surface area (Å²) >= 11 is 0. The van der Waals surface area contributed by atoms with Crippen LogP contribution in [0.25, 0.3) is 10.8 Å². The monoisotopic (exact) mass is 469 g/mol. The maximum atomic E-state index is 12.1. The van der Waals surface area contributed by atoms with E-state index in [0.29, 0.717) is 16.9 Å². The third-order valence-electron chi connectivity index (χ3n) is 6.41. The summed E-state index contributed by atoms with van der Waals surface area (Å²) in [6.45, 7) is 0.0420. The van der Waals surface area contributed by atoms with E-state index in [-0.39, 0.29) is 12.2 Å². The molecule has 180 valence electrons. The number of nitro groups is 1. The first kappa shape index (κ1) is 23.9. The van der Waals surface area contributed by atoms with E-state index in [1.165, 1.54) is 14.2 Å². The first-order valence-electron chi connectivity index (χ1n) is 10.9. The molecule has 3 aromatic rings. The largest absolute Gasteiger partial charge is 0.496 e. The Morgan fingerprint density at radius 2 is 1.53 bits per heavy atom. The van der Waals surface area contributed by atoms with Gasteiger partial charge in [-0.05, 0) is 11.6 Å². The molecule has 1 fully saturated rings. The molecular weight excluding hydrogens is 442 g/mol. The molecule has 0 radical (unpaired) electrons. The van der Waals surface area contributed by atoms with E-state index in [1.54, 1.807) is 18.2 Å². The van der Waals surface area contributed by atoms with Crippen molar-refractivity contribution in [1.29, 1.82) is 0 Å². The number of aliphatic hydroxyl groups is 3. The number of fused-ring (bicyclic) bond motifs is 1. The molecule has 1 aliphatic rings. The van der Waals surface area contributed by atoms with Crippen LogP contribution >= 0.6 is 0 Å². The van der Waals surface area contributed by atoms with Gasteiger partial charge in [-0.25, -0.2) is 0 Å². The predicted molar refractivity (Wildman–Crippen MR) is 124 cm³/mol. The highest BCUT2D eigenvalue weighted by atomic mass is 16.6. The van der Waals surface area contributed by atoms with Crippen LogP contribution in [0.1, 0.15) is 17.0 Å². The number of aliphatic hydroxyl groups excluding tert-OH is 3. The SMILES string of the molecule is COc1cc([C@@H]2[C@@H](O)[C@H](OCc3ccccc3)[C@@H](O)[C@H](O)[C@H]2[N+](=O)[O-])c(OC)c2ccccc12. The number of hydrogen-bond acceptors (Lipinski definition) is 8. The molecule has 9 heteroatoms. The highest BCUT2D eigenvalue weighted by Crippen LogP contribution is 2.46. The molecule has 3 aromatic carbocycles. The highest BCUT2D eigenvalue weighted by molar-refractivity contribution is 5.94. The van der Waals surface area contributed by atoms with Crippen molar-refractivity contribution in [2.24, 2.45) is 0 Å². The third-order valence-corrected chi connectivity index (χ3v) is 6.41. The maximum absolute atomic E-state index is 12.1. The lowest BCUT2D eigenvalue weighted by Gasteiger charge is -2.42. The van der Waals surface area contributed by atoms with Gasteiger partial charge in [0, 0.05) is 21.3 Å². The van der Waals surface area contributed by atoms with Gasteiger partial charge < -0.3 is 29.5 Å². The number of hydrogen-bond donors (Lipinski definition) is 3. The highest BCUT2D eigenvalue weighted by Gasteiger charge is 2.57. The summed E-state index contributed by atoms with van der Waals surface area (Å²) in [6.07, 6.45) is -6.25. The second-order valence-electron chi connectivity index (χ2n) is 8.28. The van der Waals surface area contributed by atoms with Crippen molar-refractivity contribution >= 4 is 10.8 Å². The summed E-state index contributed by atoms with van der Waals surface area (Å²) in [4.78, 5) is 11.4. The summed E-state index contributed by atoms with van der Waals surface area (Å²) in [5, 5.41) is 46.2. The van der Waals surface area contributed by atoms with Gasteiger partial charge in [-0.1, -0.05) is 54.6 Å². The van der Waals surface area contributed by atoms with E-state index in [0.717, 1.165) is 10.9 Å². The number of nitrogens with zero attached hydrogens (tertiary/aromatic N) is 1. The molecule has 4 rings (SSSR count). The van der Waals surface area contributed by atoms with Crippen molar-refractivity contribution in [3.63, 3.8) is 0 Å². The van der Waals surface area contributed by atoms with Crippen molar-refractivity contribution in [3.05, 3.63) is 81.9 Å². The smallest absolute Gasteiger partial charge is 0.250 e. The minimum atomic E-state index is -1.79. The Kier molecular flexibility index (Phi) is 6.99. The van der Waals surface area contributed by atoms with Crippen LogP contribution in [0.5, 0.6) is 11.5 Å². The van der Waals surface area contributed by atoms with Gasteiger partial charge in [0.15, 0.2) is 6.10 Å². The second kappa shape index (κ2) is 9.94. The third kappa shape index (κ3) is 4.19. The van der Waals surface area contributed by atoms with Gasteiger partial charge in [-0.15, -0.1) is 0 Å². The van der Waals surface area contributed by atoms with Gasteiger partial charge in [-0.2, -0.15) is 0 Å². The van der Waals surface area contributed by atoms with Gasteiger partial charge >= 0.3 is 0 Å². The standard InChI is InChI=1S/C25H27NO8/c1-32-18-12-17(24(33-2)16-11-7-6-10-15(16)18)19-20(26(30)31)22(28)23(29)25(21(19)27)34-13-14-8-4-3-5-9-14/h3-12,19-23,25,27-29H,13H2,1-2H3/t19-,20-,21+,22+,23-,25-/m0/s1. The second-order valence-corrected chi connectivity index (χ2v) is 8.28. The van der Waals surface area contributed by atoms with Crippen LogP contribution in [0.2, 0.25) is 0 Å². The van der Waals surface area contributed by atoms with E-state index in [1.807, 2.05) is 42.5 Å². The Hall–Kier alpha value is -3.24. The summed E-state index contributed by atoms with van der Waals surface area (Å²) < 4.78 is 17.0. The fourth-order valence-corrected chi connectivity index (χ4v) is 4.79. The molecule has 0 bridgehead atoms. The van der Waals surface area contributed by atoms with Gasteiger partial charge in [0.05, 0.1) is 32.8 Å². The van der Waals surface area contributed by atoms with E-state index >= 15 is 0 Å². The first-order valence-corrected chi connectivity index (χ1v) is 10.9. The van der Waals surface area contributed by atoms with Crippen LogP contribution in [-0.4, -0.2) is 64.9 Å². The predicted octanol–water partition coefficient (Wildman–Crippen LogP) is 2.27. The fraction of sp³-hybridized carbons (Fsp3) is 0.360. The first-order chi connectivity index (χ1) is 16.4. The molecule has 0 aromatic heterocycles.